The molecule has 0 aliphatic heterocycles. The van der Waals surface area contributed by atoms with Gasteiger partial charge in [0.1, 0.15) is 0 Å². The predicted octanol–water partition coefficient (Wildman–Crippen LogP) is 5.92. The lowest BCUT2D eigenvalue weighted by Gasteiger charge is -2.38. The normalized spacial score (nSPS) is 12.7. The fourth-order valence-corrected chi connectivity index (χ4v) is 4.49. The van der Waals surface area contributed by atoms with Gasteiger partial charge < -0.3 is 4.90 Å². The standard InChI is InChI=1S/C26H29NOS/c1-20(27(2)3)19-26(21-13-7-5-8-14-21,22-15-9-6-10-16-22)25(28)23-17-11-12-18-24(23)29-4/h5-18,20H,19H2,1-4H3/t20-/m0/s1. The largest absolute Gasteiger partial charge is 0.307 e. The van der Waals surface area contributed by atoms with Gasteiger partial charge in [-0.15, -0.1) is 11.8 Å². The molecule has 0 radical (unpaired) electrons. The number of ketones is 1. The summed E-state index contributed by atoms with van der Waals surface area (Å²) in [7, 11) is 4.15. The molecule has 29 heavy (non-hydrogen) atoms. The summed E-state index contributed by atoms with van der Waals surface area (Å²) in [5.41, 5.74) is 2.12. The predicted molar refractivity (Wildman–Crippen MR) is 124 cm³/mol. The van der Waals surface area contributed by atoms with E-state index in [1.165, 1.54) is 0 Å². The van der Waals surface area contributed by atoms with Crippen molar-refractivity contribution in [2.75, 3.05) is 20.4 Å². The molecular formula is C26H29NOS. The lowest BCUT2D eigenvalue weighted by molar-refractivity contribution is 0.0879. The average molecular weight is 404 g/mol. The second-order valence-electron chi connectivity index (χ2n) is 7.68. The van der Waals surface area contributed by atoms with E-state index in [4.69, 9.17) is 0 Å². The van der Waals surface area contributed by atoms with E-state index in [1.54, 1.807) is 11.8 Å². The summed E-state index contributed by atoms with van der Waals surface area (Å²) in [6, 6.07) is 28.7. The van der Waals surface area contributed by atoms with E-state index < -0.39 is 5.41 Å². The van der Waals surface area contributed by atoms with Crippen LogP contribution in [0.1, 0.15) is 34.8 Å². The van der Waals surface area contributed by atoms with Crippen LogP contribution in [0.2, 0.25) is 0 Å². The third kappa shape index (κ3) is 4.31. The first-order valence-electron chi connectivity index (χ1n) is 9.96. The zero-order valence-corrected chi connectivity index (χ0v) is 18.4. The molecule has 0 N–H and O–H groups in total. The minimum absolute atomic E-state index is 0.161. The van der Waals surface area contributed by atoms with E-state index in [2.05, 4.69) is 50.2 Å². The van der Waals surface area contributed by atoms with Crippen LogP contribution < -0.4 is 0 Å². The first-order chi connectivity index (χ1) is 14.0. The summed E-state index contributed by atoms with van der Waals surface area (Å²) < 4.78 is 0. The molecule has 1 atom stereocenters. The van der Waals surface area contributed by atoms with Crippen LogP contribution in [0, 0.1) is 0 Å². The molecule has 0 heterocycles. The Kier molecular flexibility index (Phi) is 6.94. The third-order valence-electron chi connectivity index (χ3n) is 5.76. The number of carbonyl (C=O) groups excluding carboxylic acids is 1. The smallest absolute Gasteiger partial charge is 0.178 e. The molecule has 0 saturated carbocycles. The molecule has 3 rings (SSSR count). The lowest BCUT2D eigenvalue weighted by Crippen LogP contribution is -2.43. The van der Waals surface area contributed by atoms with Crippen molar-refractivity contribution in [1.29, 1.82) is 0 Å². The summed E-state index contributed by atoms with van der Waals surface area (Å²) in [6.45, 7) is 2.19. The Bertz CT molecular complexity index is 898. The Hall–Kier alpha value is -2.36. The highest BCUT2D eigenvalue weighted by Crippen LogP contribution is 2.42. The molecule has 0 aromatic heterocycles. The molecule has 0 fully saturated rings. The molecule has 0 amide bonds. The number of Topliss-reactive ketones (excluding diaryl/α,β-unsaturated/α-hetero) is 1. The van der Waals surface area contributed by atoms with Gasteiger partial charge in [0, 0.05) is 16.5 Å². The van der Waals surface area contributed by atoms with Crippen molar-refractivity contribution in [1.82, 2.24) is 4.90 Å². The zero-order chi connectivity index (χ0) is 20.9. The SMILES string of the molecule is CSc1ccccc1C(=O)C(C[C@H](C)N(C)C)(c1ccccc1)c1ccccc1. The van der Waals surface area contributed by atoms with Gasteiger partial charge in [-0.1, -0.05) is 78.9 Å². The molecule has 0 aliphatic carbocycles. The van der Waals surface area contributed by atoms with Crippen molar-refractivity contribution in [2.24, 2.45) is 0 Å². The molecule has 0 saturated heterocycles. The topological polar surface area (TPSA) is 20.3 Å². The van der Waals surface area contributed by atoms with E-state index >= 15 is 0 Å². The Morgan fingerprint density at radius 1 is 0.862 bits per heavy atom. The van der Waals surface area contributed by atoms with Crippen molar-refractivity contribution in [3.8, 4) is 0 Å². The van der Waals surface area contributed by atoms with E-state index in [9.17, 15) is 4.79 Å². The van der Waals surface area contributed by atoms with Gasteiger partial charge in [0.25, 0.3) is 0 Å². The van der Waals surface area contributed by atoms with Crippen LogP contribution >= 0.6 is 11.8 Å². The molecular weight excluding hydrogens is 374 g/mol. The number of thioether (sulfide) groups is 1. The van der Waals surface area contributed by atoms with E-state index in [1.807, 2.05) is 66.9 Å². The maximum Gasteiger partial charge on any atom is 0.178 e. The number of hydrogen-bond acceptors (Lipinski definition) is 3. The quantitative estimate of drug-likeness (QED) is 0.344. The maximum absolute atomic E-state index is 14.4. The number of carbonyl (C=O) groups is 1. The van der Waals surface area contributed by atoms with E-state index in [0.717, 1.165) is 21.6 Å². The van der Waals surface area contributed by atoms with Crippen LogP contribution in [0.4, 0.5) is 0 Å². The minimum Gasteiger partial charge on any atom is -0.307 e. The number of nitrogens with zero attached hydrogens (tertiary/aromatic N) is 1. The molecule has 3 aromatic carbocycles. The Labute approximate surface area is 179 Å². The fourth-order valence-electron chi connectivity index (χ4n) is 3.89. The monoisotopic (exact) mass is 403 g/mol. The summed E-state index contributed by atoms with van der Waals surface area (Å²) in [4.78, 5) is 17.6. The van der Waals surface area contributed by atoms with Crippen molar-refractivity contribution >= 4 is 17.5 Å². The van der Waals surface area contributed by atoms with Crippen LogP contribution in [0.25, 0.3) is 0 Å². The highest BCUT2D eigenvalue weighted by Gasteiger charge is 2.44. The second-order valence-corrected chi connectivity index (χ2v) is 8.53. The number of rotatable bonds is 8. The second kappa shape index (κ2) is 9.43. The van der Waals surface area contributed by atoms with Gasteiger partial charge >= 0.3 is 0 Å². The summed E-state index contributed by atoms with van der Waals surface area (Å²) >= 11 is 1.62. The zero-order valence-electron chi connectivity index (χ0n) is 17.6. The highest BCUT2D eigenvalue weighted by atomic mass is 32.2. The lowest BCUT2D eigenvalue weighted by atomic mass is 9.66. The minimum atomic E-state index is -0.752. The molecule has 150 valence electrons. The van der Waals surface area contributed by atoms with Gasteiger partial charge in [0.2, 0.25) is 0 Å². The van der Waals surface area contributed by atoms with Gasteiger partial charge in [-0.05, 0) is 50.9 Å². The van der Waals surface area contributed by atoms with Crippen LogP contribution in [-0.4, -0.2) is 37.1 Å². The van der Waals surface area contributed by atoms with Crippen molar-refractivity contribution in [3.63, 3.8) is 0 Å². The molecule has 0 spiro atoms. The molecule has 3 aromatic rings. The first kappa shape index (κ1) is 21.4. The summed E-state index contributed by atoms with van der Waals surface area (Å²) in [6.07, 6.45) is 2.73. The van der Waals surface area contributed by atoms with Gasteiger partial charge in [-0.25, -0.2) is 0 Å². The van der Waals surface area contributed by atoms with Crippen LogP contribution in [0.15, 0.2) is 89.8 Å². The summed E-state index contributed by atoms with van der Waals surface area (Å²) in [5, 5.41) is 0. The molecule has 0 aliphatic rings. The molecule has 0 bridgehead atoms. The third-order valence-corrected chi connectivity index (χ3v) is 6.55. The van der Waals surface area contributed by atoms with Crippen LogP contribution in [0.3, 0.4) is 0 Å². The maximum atomic E-state index is 14.4. The highest BCUT2D eigenvalue weighted by molar-refractivity contribution is 7.98. The van der Waals surface area contributed by atoms with Crippen molar-refractivity contribution < 1.29 is 4.79 Å². The van der Waals surface area contributed by atoms with Crippen LogP contribution in [-0.2, 0) is 5.41 Å². The Balaban J connectivity index is 2.30. The van der Waals surface area contributed by atoms with Gasteiger partial charge in [0.15, 0.2) is 5.78 Å². The first-order valence-corrected chi connectivity index (χ1v) is 11.2. The number of benzene rings is 3. The summed E-state index contributed by atoms with van der Waals surface area (Å²) in [5.74, 6) is 0.161. The van der Waals surface area contributed by atoms with Crippen LogP contribution in [0.5, 0.6) is 0 Å². The van der Waals surface area contributed by atoms with Crippen molar-refractivity contribution in [2.45, 2.75) is 29.7 Å². The average Bonchev–Trinajstić information content (AvgIpc) is 2.78. The Morgan fingerprint density at radius 3 is 1.83 bits per heavy atom. The molecule has 2 nitrogen and oxygen atoms in total. The Morgan fingerprint density at radius 2 is 1.34 bits per heavy atom. The van der Waals surface area contributed by atoms with Crippen molar-refractivity contribution in [3.05, 3.63) is 102 Å². The van der Waals surface area contributed by atoms with Gasteiger partial charge in [-0.2, -0.15) is 0 Å². The van der Waals surface area contributed by atoms with Gasteiger partial charge in [0.05, 0.1) is 5.41 Å². The molecule has 3 heteroatoms. The fraction of sp³-hybridized carbons (Fsp3) is 0.269. The number of hydrogen-bond donors (Lipinski definition) is 0. The molecule has 0 unspecified atom stereocenters. The van der Waals surface area contributed by atoms with Gasteiger partial charge in [-0.3, -0.25) is 4.79 Å². The van der Waals surface area contributed by atoms with E-state index in [0.29, 0.717) is 6.42 Å². The van der Waals surface area contributed by atoms with E-state index in [-0.39, 0.29) is 11.8 Å².